The fourth-order valence-electron chi connectivity index (χ4n) is 0.976. The van der Waals surface area contributed by atoms with Gasteiger partial charge in [0, 0.05) is 7.05 Å². The van der Waals surface area contributed by atoms with E-state index in [-0.39, 0.29) is 0 Å². The lowest BCUT2D eigenvalue weighted by atomic mass is 10.2. The highest BCUT2D eigenvalue weighted by Gasteiger charge is 2.05. The lowest BCUT2D eigenvalue weighted by Gasteiger charge is -2.06. The van der Waals surface area contributed by atoms with Gasteiger partial charge in [0.25, 0.3) is 5.75 Å². The first-order valence-corrected chi connectivity index (χ1v) is 3.23. The number of anilines is 3. The van der Waals surface area contributed by atoms with Crippen molar-refractivity contribution in [2.45, 2.75) is 0 Å². The third-order valence-corrected chi connectivity index (χ3v) is 1.45. The van der Waals surface area contributed by atoms with Crippen molar-refractivity contribution in [3.8, 4) is 5.75 Å². The predicted octanol–water partition coefficient (Wildman–Crippen LogP) is 0.331. The third-order valence-electron chi connectivity index (χ3n) is 1.45. The summed E-state index contributed by atoms with van der Waals surface area (Å²) in [4.78, 5) is 0. The second-order valence-corrected chi connectivity index (χ2v) is 2.28. The Morgan fingerprint density at radius 1 is 1.27 bits per heavy atom. The van der Waals surface area contributed by atoms with E-state index in [0.29, 0.717) is 22.8 Å². The van der Waals surface area contributed by atoms with Gasteiger partial charge in [0.05, 0.1) is 29.2 Å². The van der Waals surface area contributed by atoms with E-state index in [1.165, 1.54) is 0 Å². The summed E-state index contributed by atoms with van der Waals surface area (Å²) in [6.07, 6.45) is 0. The van der Waals surface area contributed by atoms with Gasteiger partial charge in [-0.15, -0.1) is 0 Å². The van der Waals surface area contributed by atoms with Crippen LogP contribution in [-0.4, -0.2) is 12.2 Å². The van der Waals surface area contributed by atoms with Crippen LogP contribution < -0.4 is 16.8 Å². The standard InChI is InChI=1S/C7H11N3O/c1-10-7-5(8)2-4(11)3-6(7)9/h2-3,10-11H,8-9H2,1H3/p+1. The Labute approximate surface area is 64.8 Å². The Hall–Kier alpha value is -1.58. The summed E-state index contributed by atoms with van der Waals surface area (Å²) in [5, 5.41) is 10.1. The van der Waals surface area contributed by atoms with Crippen LogP contribution in [0.4, 0.5) is 17.1 Å². The molecular weight excluding hydrogens is 142 g/mol. The Bertz CT molecular complexity index is 249. The third kappa shape index (κ3) is 1.29. The van der Waals surface area contributed by atoms with Crippen molar-refractivity contribution in [2.75, 3.05) is 23.8 Å². The van der Waals surface area contributed by atoms with E-state index in [0.717, 1.165) is 0 Å². The van der Waals surface area contributed by atoms with Crippen LogP contribution in [0.2, 0.25) is 0 Å². The maximum atomic E-state index is 7.26. The molecule has 0 aliphatic rings. The van der Waals surface area contributed by atoms with Crippen LogP contribution in [0.1, 0.15) is 0 Å². The minimum atomic E-state index is 0.332. The molecule has 0 aromatic heterocycles. The molecule has 0 aliphatic carbocycles. The zero-order chi connectivity index (χ0) is 8.43. The number of hydrogen-bond acceptors (Lipinski definition) is 3. The van der Waals surface area contributed by atoms with Crippen LogP contribution >= 0.6 is 0 Å². The first kappa shape index (κ1) is 7.53. The number of benzene rings is 1. The Morgan fingerprint density at radius 2 is 1.73 bits per heavy atom. The summed E-state index contributed by atoms with van der Waals surface area (Å²) < 4.78 is 0. The second-order valence-electron chi connectivity index (χ2n) is 2.28. The van der Waals surface area contributed by atoms with Crippen LogP contribution in [0, 0.1) is 0 Å². The van der Waals surface area contributed by atoms with E-state index in [2.05, 4.69) is 5.32 Å². The van der Waals surface area contributed by atoms with Crippen LogP contribution in [0.15, 0.2) is 12.1 Å². The lowest BCUT2D eigenvalue weighted by Crippen LogP contribution is -1.99. The molecule has 0 saturated carbocycles. The van der Waals surface area contributed by atoms with E-state index in [9.17, 15) is 0 Å². The zero-order valence-corrected chi connectivity index (χ0v) is 6.31. The zero-order valence-electron chi connectivity index (χ0n) is 6.31. The predicted molar refractivity (Wildman–Crippen MR) is 47.9 cm³/mol. The molecule has 4 heteroatoms. The monoisotopic (exact) mass is 154 g/mol. The molecule has 0 spiro atoms. The van der Waals surface area contributed by atoms with Crippen molar-refractivity contribution in [3.63, 3.8) is 0 Å². The summed E-state index contributed by atoms with van der Waals surface area (Å²) in [6.45, 7) is 0. The summed E-state index contributed by atoms with van der Waals surface area (Å²) in [5.74, 6) is 0.332. The molecule has 0 fully saturated rings. The molecule has 0 atom stereocenters. The highest BCUT2D eigenvalue weighted by Crippen LogP contribution is 2.29. The smallest absolute Gasteiger partial charge is 0.258 e. The van der Waals surface area contributed by atoms with Gasteiger partial charge in [0.2, 0.25) is 0 Å². The number of rotatable bonds is 1. The van der Waals surface area contributed by atoms with E-state index in [1.54, 1.807) is 19.2 Å². The fourth-order valence-corrected chi connectivity index (χ4v) is 0.976. The van der Waals surface area contributed by atoms with E-state index >= 15 is 0 Å². The average Bonchev–Trinajstić information content (AvgIpc) is 1.85. The molecule has 4 nitrogen and oxygen atoms in total. The van der Waals surface area contributed by atoms with Crippen molar-refractivity contribution in [2.24, 2.45) is 0 Å². The fraction of sp³-hybridized carbons (Fsp3) is 0.143. The van der Waals surface area contributed by atoms with Crippen LogP contribution in [0.5, 0.6) is 5.75 Å². The minimum Gasteiger partial charge on any atom is -0.593 e. The Kier molecular flexibility index (Phi) is 1.76. The van der Waals surface area contributed by atoms with E-state index in [4.69, 9.17) is 16.6 Å². The highest BCUT2D eigenvalue weighted by molar-refractivity contribution is 5.81. The highest BCUT2D eigenvalue weighted by atomic mass is 16.3. The Morgan fingerprint density at radius 3 is 2.09 bits per heavy atom. The Balaban J connectivity index is 3.25. The summed E-state index contributed by atoms with van der Waals surface area (Å²) in [7, 11) is 1.74. The van der Waals surface area contributed by atoms with E-state index < -0.39 is 0 Å². The maximum absolute atomic E-state index is 7.26. The van der Waals surface area contributed by atoms with Gasteiger partial charge in [-0.1, -0.05) is 0 Å². The quantitative estimate of drug-likeness (QED) is 0.402. The molecule has 0 unspecified atom stereocenters. The number of hydrogen-bond donors (Lipinski definition) is 3. The summed E-state index contributed by atoms with van der Waals surface area (Å²) >= 11 is 0. The van der Waals surface area contributed by atoms with Gasteiger partial charge in [-0.25, -0.2) is 0 Å². The van der Waals surface area contributed by atoms with Crippen molar-refractivity contribution in [3.05, 3.63) is 12.1 Å². The molecule has 60 valence electrons. The van der Waals surface area contributed by atoms with Crippen molar-refractivity contribution in [1.82, 2.24) is 0 Å². The minimum absolute atomic E-state index is 0.332. The topological polar surface area (TPSA) is 87.0 Å². The van der Waals surface area contributed by atoms with Gasteiger partial charge in [-0.3, -0.25) is 0 Å². The summed E-state index contributed by atoms with van der Waals surface area (Å²) in [6, 6.07) is 3.12. The number of nitrogens with one attached hydrogen (secondary N) is 1. The molecular formula is C7H12N3O+. The maximum Gasteiger partial charge on any atom is 0.258 e. The van der Waals surface area contributed by atoms with Crippen LogP contribution in [0.3, 0.4) is 0 Å². The first-order valence-electron chi connectivity index (χ1n) is 3.23. The summed E-state index contributed by atoms with van der Waals surface area (Å²) in [5.41, 5.74) is 12.9. The SMILES string of the molecule is CNc1c(N)cc([OH2+])cc1N. The van der Waals surface area contributed by atoms with Crippen LogP contribution in [0.25, 0.3) is 0 Å². The molecule has 1 aromatic carbocycles. The molecule has 0 bridgehead atoms. The van der Waals surface area contributed by atoms with Gasteiger partial charge < -0.3 is 21.9 Å². The second kappa shape index (κ2) is 2.57. The molecule has 0 saturated heterocycles. The molecule has 7 N–H and O–H groups in total. The number of nitrogen functional groups attached to an aromatic ring is 2. The molecule has 0 heterocycles. The molecule has 1 rings (SSSR count). The van der Waals surface area contributed by atoms with Crippen molar-refractivity contribution < 1.29 is 5.11 Å². The molecule has 0 radical (unpaired) electrons. The van der Waals surface area contributed by atoms with Gasteiger partial charge in [-0.05, 0) is 0 Å². The first-order chi connectivity index (χ1) is 5.15. The van der Waals surface area contributed by atoms with Gasteiger partial charge in [-0.2, -0.15) is 0 Å². The average molecular weight is 154 g/mol. The normalized spacial score (nSPS) is 9.55. The van der Waals surface area contributed by atoms with Gasteiger partial charge >= 0.3 is 0 Å². The van der Waals surface area contributed by atoms with Gasteiger partial charge in [0.15, 0.2) is 0 Å². The largest absolute Gasteiger partial charge is 0.593 e. The van der Waals surface area contributed by atoms with Crippen LogP contribution in [-0.2, 0) is 0 Å². The molecule has 0 aliphatic heterocycles. The van der Waals surface area contributed by atoms with Crippen molar-refractivity contribution in [1.29, 1.82) is 0 Å². The molecule has 1 aromatic rings. The van der Waals surface area contributed by atoms with Gasteiger partial charge in [0.1, 0.15) is 0 Å². The van der Waals surface area contributed by atoms with E-state index in [1.807, 2.05) is 0 Å². The molecule has 11 heavy (non-hydrogen) atoms. The number of nitrogens with two attached hydrogens (primary N) is 2. The lowest BCUT2D eigenvalue weighted by molar-refractivity contribution is 0.476. The van der Waals surface area contributed by atoms with Crippen molar-refractivity contribution >= 4 is 17.1 Å². The molecule has 0 amide bonds.